The molecular formula is C27H33BrN2O4. The highest BCUT2D eigenvalue weighted by molar-refractivity contribution is 9.10. The summed E-state index contributed by atoms with van der Waals surface area (Å²) in [6, 6.07) is 12.2. The van der Waals surface area contributed by atoms with Gasteiger partial charge in [0.05, 0.1) is 18.2 Å². The number of Topliss-reactive ketones (excluding diaryl/α,β-unsaturated/α-hetero) is 1. The van der Waals surface area contributed by atoms with Crippen molar-refractivity contribution in [3.63, 3.8) is 0 Å². The van der Waals surface area contributed by atoms with Gasteiger partial charge in [0, 0.05) is 16.6 Å². The standard InChI is InChI=1S/C27H33BrN2O4/c1-17(2)16-34-21-10-11-22(18(3)14-21)25(31)23-24(19-8-6-9-20(28)15-19)30(27(33)26(23)32)13-7-12-29(4)5/h6,8-11,14-15,17,24,31H,7,12-13,16H2,1-5H3/b25-23+. The van der Waals surface area contributed by atoms with Crippen LogP contribution in [0.4, 0.5) is 0 Å². The molecule has 0 bridgehead atoms. The van der Waals surface area contributed by atoms with Crippen LogP contribution in [0.5, 0.6) is 5.75 Å². The van der Waals surface area contributed by atoms with Crippen LogP contribution in [-0.4, -0.2) is 60.4 Å². The van der Waals surface area contributed by atoms with Crippen LogP contribution >= 0.6 is 15.9 Å². The van der Waals surface area contributed by atoms with Gasteiger partial charge in [0.2, 0.25) is 0 Å². The summed E-state index contributed by atoms with van der Waals surface area (Å²) in [4.78, 5) is 29.9. The van der Waals surface area contributed by atoms with Gasteiger partial charge in [-0.15, -0.1) is 0 Å². The molecule has 0 spiro atoms. The number of aliphatic hydroxyl groups excluding tert-OH is 1. The van der Waals surface area contributed by atoms with Gasteiger partial charge in [-0.3, -0.25) is 9.59 Å². The van der Waals surface area contributed by atoms with E-state index in [4.69, 9.17) is 4.74 Å². The fraction of sp³-hybridized carbons (Fsp3) is 0.407. The second kappa shape index (κ2) is 11.2. The third kappa shape index (κ3) is 5.88. The minimum atomic E-state index is -0.660. The molecule has 1 atom stereocenters. The Morgan fingerprint density at radius 1 is 1.18 bits per heavy atom. The van der Waals surface area contributed by atoms with E-state index in [0.717, 1.165) is 22.1 Å². The quantitative estimate of drug-likeness (QED) is 0.276. The van der Waals surface area contributed by atoms with E-state index in [0.29, 0.717) is 36.8 Å². The molecule has 1 aliphatic rings. The summed E-state index contributed by atoms with van der Waals surface area (Å²) in [6.07, 6.45) is 0.714. The second-order valence-corrected chi connectivity index (χ2v) is 10.3. The normalized spacial score (nSPS) is 17.8. The van der Waals surface area contributed by atoms with Crippen LogP contribution in [0.25, 0.3) is 5.76 Å². The Bertz CT molecular complexity index is 1090. The first-order valence-corrected chi connectivity index (χ1v) is 12.3. The van der Waals surface area contributed by atoms with Crippen LogP contribution < -0.4 is 4.74 Å². The molecule has 2 aromatic carbocycles. The molecule has 2 aromatic rings. The van der Waals surface area contributed by atoms with E-state index in [1.807, 2.05) is 56.3 Å². The number of carbonyl (C=O) groups excluding carboxylic acids is 2. The number of aryl methyl sites for hydroxylation is 1. The molecule has 1 unspecified atom stereocenters. The monoisotopic (exact) mass is 528 g/mol. The van der Waals surface area contributed by atoms with Crippen molar-refractivity contribution in [2.75, 3.05) is 33.8 Å². The molecular weight excluding hydrogens is 496 g/mol. The summed E-state index contributed by atoms with van der Waals surface area (Å²) in [5.74, 6) is -0.310. The van der Waals surface area contributed by atoms with E-state index in [1.165, 1.54) is 0 Å². The van der Waals surface area contributed by atoms with Crippen LogP contribution in [0.3, 0.4) is 0 Å². The maximum Gasteiger partial charge on any atom is 0.295 e. The van der Waals surface area contributed by atoms with Gasteiger partial charge < -0.3 is 19.6 Å². The van der Waals surface area contributed by atoms with Crippen LogP contribution in [-0.2, 0) is 9.59 Å². The highest BCUT2D eigenvalue weighted by atomic mass is 79.9. The average Bonchev–Trinajstić information content (AvgIpc) is 3.02. The highest BCUT2D eigenvalue weighted by Crippen LogP contribution is 2.40. The van der Waals surface area contributed by atoms with Crippen molar-refractivity contribution in [2.24, 2.45) is 5.92 Å². The maximum absolute atomic E-state index is 13.2. The maximum atomic E-state index is 13.2. The fourth-order valence-corrected chi connectivity index (χ4v) is 4.51. The Morgan fingerprint density at radius 2 is 1.91 bits per heavy atom. The highest BCUT2D eigenvalue weighted by Gasteiger charge is 2.46. The molecule has 1 amide bonds. The SMILES string of the molecule is Cc1cc(OCC(C)C)ccc1/C(O)=C1\C(=O)C(=O)N(CCCN(C)C)C1c1cccc(Br)c1. The Morgan fingerprint density at radius 3 is 2.53 bits per heavy atom. The number of aliphatic hydroxyl groups is 1. The summed E-state index contributed by atoms with van der Waals surface area (Å²) in [6.45, 7) is 7.80. The van der Waals surface area contributed by atoms with Crippen molar-refractivity contribution in [3.8, 4) is 5.75 Å². The van der Waals surface area contributed by atoms with Crippen molar-refractivity contribution in [1.82, 2.24) is 9.80 Å². The van der Waals surface area contributed by atoms with E-state index < -0.39 is 17.7 Å². The first-order valence-electron chi connectivity index (χ1n) is 11.5. The van der Waals surface area contributed by atoms with Gasteiger partial charge in [-0.1, -0.05) is 41.9 Å². The number of halogens is 1. The molecule has 0 aromatic heterocycles. The zero-order chi connectivity index (χ0) is 25.0. The van der Waals surface area contributed by atoms with Crippen molar-refractivity contribution < 1.29 is 19.4 Å². The Balaban J connectivity index is 2.05. The van der Waals surface area contributed by atoms with E-state index in [9.17, 15) is 14.7 Å². The number of amides is 1. The van der Waals surface area contributed by atoms with Gasteiger partial charge in [0.1, 0.15) is 11.5 Å². The van der Waals surface area contributed by atoms with Gasteiger partial charge in [-0.2, -0.15) is 0 Å². The number of hydrogen-bond donors (Lipinski definition) is 1. The van der Waals surface area contributed by atoms with E-state index in [-0.39, 0.29) is 11.3 Å². The molecule has 182 valence electrons. The Kier molecular flexibility index (Phi) is 8.55. The lowest BCUT2D eigenvalue weighted by atomic mass is 9.94. The largest absolute Gasteiger partial charge is 0.507 e. The smallest absolute Gasteiger partial charge is 0.295 e. The second-order valence-electron chi connectivity index (χ2n) is 9.39. The van der Waals surface area contributed by atoms with Gasteiger partial charge in [-0.25, -0.2) is 0 Å². The van der Waals surface area contributed by atoms with Gasteiger partial charge >= 0.3 is 0 Å². The Labute approximate surface area is 210 Å². The number of rotatable bonds is 9. The van der Waals surface area contributed by atoms with Crippen molar-refractivity contribution in [3.05, 3.63) is 69.2 Å². The van der Waals surface area contributed by atoms with Crippen LogP contribution in [0.1, 0.15) is 43.0 Å². The van der Waals surface area contributed by atoms with Gasteiger partial charge in [-0.05, 0) is 81.4 Å². The molecule has 1 heterocycles. The predicted molar refractivity (Wildman–Crippen MR) is 138 cm³/mol. The fourth-order valence-electron chi connectivity index (χ4n) is 4.09. The van der Waals surface area contributed by atoms with Gasteiger partial charge in [0.25, 0.3) is 11.7 Å². The lowest BCUT2D eigenvalue weighted by Gasteiger charge is -2.26. The van der Waals surface area contributed by atoms with Crippen molar-refractivity contribution in [2.45, 2.75) is 33.2 Å². The van der Waals surface area contributed by atoms with Crippen LogP contribution in [0.2, 0.25) is 0 Å². The molecule has 0 radical (unpaired) electrons. The predicted octanol–water partition coefficient (Wildman–Crippen LogP) is 5.17. The van der Waals surface area contributed by atoms with Crippen molar-refractivity contribution in [1.29, 1.82) is 0 Å². The number of benzene rings is 2. The molecule has 34 heavy (non-hydrogen) atoms. The molecule has 1 fully saturated rings. The van der Waals surface area contributed by atoms with Crippen molar-refractivity contribution >= 4 is 33.4 Å². The number of ketones is 1. The van der Waals surface area contributed by atoms with E-state index >= 15 is 0 Å². The minimum Gasteiger partial charge on any atom is -0.507 e. The zero-order valence-electron chi connectivity index (χ0n) is 20.5. The molecule has 3 rings (SSSR count). The molecule has 1 N–H and O–H groups in total. The molecule has 0 aliphatic carbocycles. The van der Waals surface area contributed by atoms with Crippen LogP contribution in [0.15, 0.2) is 52.5 Å². The lowest BCUT2D eigenvalue weighted by Crippen LogP contribution is -2.32. The topological polar surface area (TPSA) is 70.1 Å². The summed E-state index contributed by atoms with van der Waals surface area (Å²) in [5, 5.41) is 11.3. The third-order valence-electron chi connectivity index (χ3n) is 5.75. The molecule has 6 nitrogen and oxygen atoms in total. The average molecular weight is 529 g/mol. The number of nitrogens with zero attached hydrogens (tertiary/aromatic N) is 2. The minimum absolute atomic E-state index is 0.118. The number of ether oxygens (including phenoxy) is 1. The number of likely N-dealkylation sites (tertiary alicyclic amines) is 1. The number of carbonyl (C=O) groups is 2. The first-order chi connectivity index (χ1) is 16.1. The first kappa shape index (κ1) is 26.0. The summed E-state index contributed by atoms with van der Waals surface area (Å²) in [5.41, 5.74) is 2.18. The zero-order valence-corrected chi connectivity index (χ0v) is 22.1. The molecule has 1 saturated heterocycles. The van der Waals surface area contributed by atoms with Gasteiger partial charge in [0.15, 0.2) is 0 Å². The third-order valence-corrected chi connectivity index (χ3v) is 6.24. The Hall–Kier alpha value is -2.64. The lowest BCUT2D eigenvalue weighted by molar-refractivity contribution is -0.139. The summed E-state index contributed by atoms with van der Waals surface area (Å²) >= 11 is 3.49. The molecule has 1 aliphatic heterocycles. The van der Waals surface area contributed by atoms with Crippen LogP contribution in [0, 0.1) is 12.8 Å². The molecule has 7 heteroatoms. The van der Waals surface area contributed by atoms with E-state index in [2.05, 4.69) is 29.8 Å². The molecule has 0 saturated carbocycles. The summed E-state index contributed by atoms with van der Waals surface area (Å²) in [7, 11) is 3.94. The van der Waals surface area contributed by atoms with E-state index in [1.54, 1.807) is 17.0 Å². The summed E-state index contributed by atoms with van der Waals surface area (Å²) < 4.78 is 6.63. The number of hydrogen-bond acceptors (Lipinski definition) is 5.